The smallest absolute Gasteiger partial charge is 0.272 e. The second-order valence-electron chi connectivity index (χ2n) is 6.79. The van der Waals surface area contributed by atoms with E-state index in [1.807, 2.05) is 0 Å². The van der Waals surface area contributed by atoms with Gasteiger partial charge in [-0.2, -0.15) is 0 Å². The first-order valence-electron chi connectivity index (χ1n) is 9.69. The summed E-state index contributed by atoms with van der Waals surface area (Å²) in [7, 11) is 3.09. The molecule has 0 atom stereocenters. The molecule has 0 aliphatic carbocycles. The van der Waals surface area contributed by atoms with Crippen molar-refractivity contribution >= 4 is 46.7 Å². The van der Waals surface area contributed by atoms with Gasteiger partial charge in [-0.1, -0.05) is 23.4 Å². The lowest BCUT2D eigenvalue weighted by molar-refractivity contribution is -0.113. The van der Waals surface area contributed by atoms with Gasteiger partial charge in [0.15, 0.2) is 16.7 Å². The number of benzene rings is 2. The van der Waals surface area contributed by atoms with E-state index in [1.165, 1.54) is 35.2 Å². The number of nitrogens with one attached hydrogen (secondary N) is 1. The van der Waals surface area contributed by atoms with Crippen LogP contribution in [0, 0.1) is 0 Å². The molecule has 0 saturated carbocycles. The molecule has 32 heavy (non-hydrogen) atoms. The number of halogens is 1. The molecule has 0 spiro atoms. The molecule has 0 unspecified atom stereocenters. The average molecular weight is 490 g/mol. The zero-order valence-electron chi connectivity index (χ0n) is 17.4. The van der Waals surface area contributed by atoms with Crippen molar-refractivity contribution in [3.05, 3.63) is 63.5 Å². The molecule has 0 radical (unpaired) electrons. The predicted molar refractivity (Wildman–Crippen MR) is 128 cm³/mol. The number of ether oxygens (including phenoxy) is 2. The number of rotatable bonds is 7. The quantitative estimate of drug-likeness (QED) is 0.391. The highest BCUT2D eigenvalue weighted by Crippen LogP contribution is 2.33. The molecule has 0 fully saturated rings. The fraction of sp³-hybridized carbons (Fsp3) is 0.227. The number of carbonyl (C=O) groups is 1. The van der Waals surface area contributed by atoms with Gasteiger partial charge in [0.1, 0.15) is 0 Å². The summed E-state index contributed by atoms with van der Waals surface area (Å²) >= 11 is 8.61. The maximum Gasteiger partial charge on any atom is 0.272 e. The van der Waals surface area contributed by atoms with Crippen LogP contribution in [0.4, 0.5) is 5.69 Å². The summed E-state index contributed by atoms with van der Waals surface area (Å²) in [6.45, 7) is 0. The topological polar surface area (TPSA) is 82.5 Å². The van der Waals surface area contributed by atoms with Crippen LogP contribution >= 0.6 is 35.1 Å². The van der Waals surface area contributed by atoms with Gasteiger partial charge in [0.05, 0.1) is 36.2 Å². The van der Waals surface area contributed by atoms with Crippen LogP contribution in [0.1, 0.15) is 5.69 Å². The Bertz CT molecular complexity index is 1220. The number of thioether (sulfide) groups is 2. The second-order valence-corrected chi connectivity index (χ2v) is 9.28. The minimum absolute atomic E-state index is 0.0916. The zero-order valence-corrected chi connectivity index (χ0v) is 19.8. The van der Waals surface area contributed by atoms with Crippen LogP contribution in [0.5, 0.6) is 11.5 Å². The Balaban J connectivity index is 1.64. The molecule has 1 N–H and O–H groups in total. The third kappa shape index (κ3) is 4.74. The van der Waals surface area contributed by atoms with Crippen molar-refractivity contribution in [2.45, 2.75) is 16.5 Å². The zero-order chi connectivity index (χ0) is 22.7. The standard InChI is InChI=1S/C22H20ClN3O4S2/c1-29-17-8-7-15(11-18(17)30-2)26-21(28)20-16(9-10-31-20)25-22(26)32-12-19(27)24-14-5-3-13(23)4-6-14/h3-8,11H,9-10,12H2,1-2H3,(H,24,27). The van der Waals surface area contributed by atoms with Crippen LogP contribution in [-0.2, 0) is 11.2 Å². The number of methoxy groups -OCH3 is 2. The van der Waals surface area contributed by atoms with Gasteiger partial charge >= 0.3 is 0 Å². The van der Waals surface area contributed by atoms with Crippen molar-refractivity contribution in [1.82, 2.24) is 9.55 Å². The maximum atomic E-state index is 13.3. The lowest BCUT2D eigenvalue weighted by Crippen LogP contribution is -2.24. The molecular weight excluding hydrogens is 470 g/mol. The monoisotopic (exact) mass is 489 g/mol. The lowest BCUT2D eigenvalue weighted by Gasteiger charge is -2.15. The number of amides is 1. The molecule has 1 amide bonds. The number of anilines is 1. The number of carbonyl (C=O) groups excluding carboxylic acids is 1. The largest absolute Gasteiger partial charge is 0.493 e. The Morgan fingerprint density at radius 1 is 1.19 bits per heavy atom. The SMILES string of the molecule is COc1ccc(-n2c(SCC(=O)Nc3ccc(Cl)cc3)nc3c(c2=O)SCC3)cc1OC. The molecule has 2 heterocycles. The fourth-order valence-corrected chi connectivity index (χ4v) is 5.22. The molecule has 3 aromatic rings. The molecule has 1 aromatic heterocycles. The molecule has 1 aliphatic rings. The Hall–Kier alpha value is -2.62. The van der Waals surface area contributed by atoms with Crippen LogP contribution in [0.3, 0.4) is 0 Å². The van der Waals surface area contributed by atoms with Crippen LogP contribution in [0.2, 0.25) is 5.02 Å². The maximum absolute atomic E-state index is 13.3. The van der Waals surface area contributed by atoms with Crippen LogP contribution in [-0.4, -0.2) is 41.2 Å². The van der Waals surface area contributed by atoms with Gasteiger partial charge in [-0.15, -0.1) is 11.8 Å². The third-order valence-electron chi connectivity index (χ3n) is 4.75. The number of aromatic nitrogens is 2. The van der Waals surface area contributed by atoms with E-state index in [-0.39, 0.29) is 17.2 Å². The highest BCUT2D eigenvalue weighted by Gasteiger charge is 2.23. The normalized spacial score (nSPS) is 12.3. The van der Waals surface area contributed by atoms with Gasteiger partial charge in [-0.05, 0) is 36.4 Å². The summed E-state index contributed by atoms with van der Waals surface area (Å²) in [4.78, 5) is 31.2. The van der Waals surface area contributed by atoms with E-state index >= 15 is 0 Å². The molecule has 4 rings (SSSR count). The van der Waals surface area contributed by atoms with E-state index in [2.05, 4.69) is 5.32 Å². The average Bonchev–Trinajstić information content (AvgIpc) is 3.28. The van der Waals surface area contributed by atoms with E-state index < -0.39 is 0 Å². The summed E-state index contributed by atoms with van der Waals surface area (Å²) in [5, 5.41) is 3.87. The second kappa shape index (κ2) is 9.89. The Labute approximate surface area is 198 Å². The molecule has 10 heteroatoms. The van der Waals surface area contributed by atoms with Crippen molar-refractivity contribution in [2.24, 2.45) is 0 Å². The highest BCUT2D eigenvalue weighted by molar-refractivity contribution is 8.00. The highest BCUT2D eigenvalue weighted by atomic mass is 35.5. The molecule has 1 aliphatic heterocycles. The molecular formula is C22H20ClN3O4S2. The molecule has 0 saturated heterocycles. The van der Waals surface area contributed by atoms with Gasteiger partial charge < -0.3 is 14.8 Å². The number of aryl methyl sites for hydroxylation is 1. The summed E-state index contributed by atoms with van der Waals surface area (Å²) < 4.78 is 12.2. The summed E-state index contributed by atoms with van der Waals surface area (Å²) in [5.74, 6) is 1.76. The third-order valence-corrected chi connectivity index (χ3v) is 7.05. The van der Waals surface area contributed by atoms with E-state index in [1.54, 1.807) is 49.6 Å². The van der Waals surface area contributed by atoms with Crippen molar-refractivity contribution in [2.75, 3.05) is 31.0 Å². The summed E-state index contributed by atoms with van der Waals surface area (Å²) in [6, 6.07) is 12.1. The number of fused-ring (bicyclic) bond motifs is 1. The number of nitrogens with zero attached hydrogens (tertiary/aromatic N) is 2. The minimum Gasteiger partial charge on any atom is -0.493 e. The number of hydrogen-bond acceptors (Lipinski definition) is 7. The first-order valence-corrected chi connectivity index (χ1v) is 12.0. The summed E-state index contributed by atoms with van der Waals surface area (Å²) in [6.07, 6.45) is 0.729. The Morgan fingerprint density at radius 2 is 1.94 bits per heavy atom. The Kier molecular flexibility index (Phi) is 6.98. The van der Waals surface area contributed by atoms with Gasteiger partial charge in [-0.3, -0.25) is 14.2 Å². The van der Waals surface area contributed by atoms with Crippen molar-refractivity contribution in [3.63, 3.8) is 0 Å². The van der Waals surface area contributed by atoms with Crippen LogP contribution in [0.15, 0.2) is 57.3 Å². The van der Waals surface area contributed by atoms with Gasteiger partial charge in [-0.25, -0.2) is 4.98 Å². The number of hydrogen-bond donors (Lipinski definition) is 1. The van der Waals surface area contributed by atoms with Gasteiger partial charge in [0, 0.05) is 29.0 Å². The first kappa shape index (κ1) is 22.6. The van der Waals surface area contributed by atoms with Crippen LogP contribution < -0.4 is 20.3 Å². The lowest BCUT2D eigenvalue weighted by atomic mass is 10.2. The predicted octanol–water partition coefficient (Wildman–Crippen LogP) is 4.28. The molecule has 7 nitrogen and oxygen atoms in total. The van der Waals surface area contributed by atoms with E-state index in [0.29, 0.717) is 37.9 Å². The van der Waals surface area contributed by atoms with E-state index in [0.717, 1.165) is 17.9 Å². The molecule has 166 valence electrons. The van der Waals surface area contributed by atoms with Crippen molar-refractivity contribution in [1.29, 1.82) is 0 Å². The summed E-state index contributed by atoms with van der Waals surface area (Å²) in [5.41, 5.74) is 1.87. The van der Waals surface area contributed by atoms with Crippen molar-refractivity contribution in [3.8, 4) is 17.2 Å². The fourth-order valence-electron chi connectivity index (χ4n) is 3.24. The van der Waals surface area contributed by atoms with E-state index in [9.17, 15) is 9.59 Å². The van der Waals surface area contributed by atoms with Crippen LogP contribution in [0.25, 0.3) is 5.69 Å². The molecule has 0 bridgehead atoms. The first-order chi connectivity index (χ1) is 15.5. The van der Waals surface area contributed by atoms with Crippen molar-refractivity contribution < 1.29 is 14.3 Å². The molecule has 2 aromatic carbocycles. The van der Waals surface area contributed by atoms with Gasteiger partial charge in [0.25, 0.3) is 5.56 Å². The minimum atomic E-state index is -0.208. The van der Waals surface area contributed by atoms with Gasteiger partial charge in [0.2, 0.25) is 5.91 Å². The Morgan fingerprint density at radius 3 is 2.66 bits per heavy atom. The van der Waals surface area contributed by atoms with E-state index in [4.69, 9.17) is 26.1 Å².